The molecule has 3 N–H and O–H groups in total. The summed E-state index contributed by atoms with van der Waals surface area (Å²) in [6.45, 7) is 4.50. The molecule has 6 nitrogen and oxygen atoms in total. The van der Waals surface area contributed by atoms with E-state index in [0.29, 0.717) is 12.6 Å². The van der Waals surface area contributed by atoms with Crippen molar-refractivity contribution >= 4 is 30.0 Å². The molecule has 1 aliphatic heterocycles. The molecule has 1 aliphatic rings. The number of aryl methyl sites for hydroxylation is 1. The van der Waals surface area contributed by atoms with E-state index >= 15 is 0 Å². The van der Waals surface area contributed by atoms with Gasteiger partial charge in [0.1, 0.15) is 5.82 Å². The van der Waals surface area contributed by atoms with Crippen LogP contribution in [0.1, 0.15) is 29.7 Å². The maximum atomic E-state index is 9.73. The first-order valence-electron chi connectivity index (χ1n) is 8.95. The van der Waals surface area contributed by atoms with Gasteiger partial charge in [0.15, 0.2) is 0 Å². The van der Waals surface area contributed by atoms with Gasteiger partial charge >= 0.3 is 7.12 Å². The summed E-state index contributed by atoms with van der Waals surface area (Å²) >= 11 is 0. The normalized spacial score (nSPS) is 14.0. The number of aromatic nitrogens is 2. The second-order valence-electron chi connectivity index (χ2n) is 6.70. The Morgan fingerprint density at radius 3 is 2.81 bits per heavy atom. The highest BCUT2D eigenvalue weighted by atomic mass is 16.5. The fraction of sp³-hybridized carbons (Fsp3) is 0.200. The van der Waals surface area contributed by atoms with E-state index in [1.165, 1.54) is 5.56 Å². The zero-order chi connectivity index (χ0) is 18.8. The van der Waals surface area contributed by atoms with E-state index in [-0.39, 0.29) is 6.04 Å². The monoisotopic (exact) mass is 360 g/mol. The summed E-state index contributed by atoms with van der Waals surface area (Å²) in [7, 11) is -0.833. The predicted molar refractivity (Wildman–Crippen MR) is 107 cm³/mol. The minimum Gasteiger partial charge on any atom is -0.423 e. The zero-order valence-electron chi connectivity index (χ0n) is 15.3. The lowest BCUT2D eigenvalue weighted by Crippen LogP contribution is -2.27. The van der Waals surface area contributed by atoms with Gasteiger partial charge in [0, 0.05) is 23.5 Å². The first-order valence-corrected chi connectivity index (χ1v) is 8.95. The van der Waals surface area contributed by atoms with Crippen molar-refractivity contribution < 1.29 is 9.68 Å². The third-order valence-electron chi connectivity index (χ3n) is 4.69. The number of hydrogen-bond acceptors (Lipinski definition) is 6. The molecule has 7 heteroatoms. The Hall–Kier alpha value is -2.90. The Labute approximate surface area is 158 Å². The number of benzene rings is 2. The Morgan fingerprint density at radius 1 is 1.19 bits per heavy atom. The number of nitrogens with one attached hydrogen (secondary N) is 2. The highest BCUT2D eigenvalue weighted by Gasteiger charge is 2.27. The standard InChI is InChI=1S/C20H21BN4O2/c1-13-11-22-20(24-17-8-9-18-16(10-17)12-27-21(18)26)25-19(13)23-14(2)15-6-4-3-5-7-15/h3-11,14,26H,12H2,1-2H3,(H2,22,23,24,25). The van der Waals surface area contributed by atoms with Crippen LogP contribution in [0.5, 0.6) is 0 Å². The molecule has 0 saturated carbocycles. The summed E-state index contributed by atoms with van der Waals surface area (Å²) in [5.74, 6) is 1.31. The summed E-state index contributed by atoms with van der Waals surface area (Å²) in [6, 6.07) is 16.1. The maximum absolute atomic E-state index is 9.73. The third-order valence-corrected chi connectivity index (χ3v) is 4.69. The molecule has 1 aromatic heterocycles. The SMILES string of the molecule is Cc1cnc(Nc2ccc3c(c2)COB3O)nc1NC(C)c1ccccc1. The largest absolute Gasteiger partial charge is 0.491 e. The smallest absolute Gasteiger partial charge is 0.423 e. The second-order valence-corrected chi connectivity index (χ2v) is 6.70. The van der Waals surface area contributed by atoms with Crippen molar-refractivity contribution in [1.29, 1.82) is 0 Å². The average Bonchev–Trinajstić information content (AvgIpc) is 3.05. The lowest BCUT2D eigenvalue weighted by molar-refractivity contribution is 0.275. The summed E-state index contributed by atoms with van der Waals surface area (Å²) in [5.41, 5.74) is 4.81. The lowest BCUT2D eigenvalue weighted by atomic mass is 9.79. The molecule has 0 aliphatic carbocycles. The summed E-state index contributed by atoms with van der Waals surface area (Å²) in [6.07, 6.45) is 1.80. The van der Waals surface area contributed by atoms with Crippen molar-refractivity contribution in [2.45, 2.75) is 26.5 Å². The number of nitrogens with zero attached hydrogens (tertiary/aromatic N) is 2. The van der Waals surface area contributed by atoms with Crippen LogP contribution in [0.25, 0.3) is 0 Å². The van der Waals surface area contributed by atoms with E-state index in [4.69, 9.17) is 4.65 Å². The van der Waals surface area contributed by atoms with Crippen molar-refractivity contribution in [2.24, 2.45) is 0 Å². The van der Waals surface area contributed by atoms with Gasteiger partial charge in [-0.05, 0) is 42.6 Å². The molecule has 2 aromatic carbocycles. The minimum absolute atomic E-state index is 0.131. The van der Waals surface area contributed by atoms with E-state index in [9.17, 15) is 5.02 Å². The molecule has 1 atom stereocenters. The van der Waals surface area contributed by atoms with Crippen LogP contribution in [0, 0.1) is 6.92 Å². The molecular formula is C20H21BN4O2. The number of anilines is 3. The molecule has 3 aromatic rings. The average molecular weight is 360 g/mol. The topological polar surface area (TPSA) is 79.3 Å². The van der Waals surface area contributed by atoms with Gasteiger partial charge in [-0.3, -0.25) is 0 Å². The van der Waals surface area contributed by atoms with Crippen molar-refractivity contribution in [1.82, 2.24) is 9.97 Å². The van der Waals surface area contributed by atoms with Crippen molar-refractivity contribution in [3.8, 4) is 0 Å². The molecule has 0 bridgehead atoms. The number of fused-ring (bicyclic) bond motifs is 1. The summed E-state index contributed by atoms with van der Waals surface area (Å²) in [5, 5.41) is 16.4. The minimum atomic E-state index is -0.833. The van der Waals surface area contributed by atoms with E-state index in [2.05, 4.69) is 39.7 Å². The van der Waals surface area contributed by atoms with Crippen LogP contribution >= 0.6 is 0 Å². The van der Waals surface area contributed by atoms with Crippen LogP contribution in [0.15, 0.2) is 54.7 Å². The van der Waals surface area contributed by atoms with Crippen molar-refractivity contribution in [3.05, 3.63) is 71.4 Å². The van der Waals surface area contributed by atoms with Crippen molar-refractivity contribution in [2.75, 3.05) is 10.6 Å². The second kappa shape index (κ2) is 7.38. The van der Waals surface area contributed by atoms with Crippen LogP contribution in [-0.2, 0) is 11.3 Å². The molecular weight excluding hydrogens is 339 g/mol. The van der Waals surface area contributed by atoms with E-state index in [1.807, 2.05) is 43.3 Å². The molecule has 0 amide bonds. The molecule has 4 rings (SSSR count). The van der Waals surface area contributed by atoms with Gasteiger partial charge < -0.3 is 20.3 Å². The molecule has 0 fully saturated rings. The molecule has 0 saturated heterocycles. The third kappa shape index (κ3) is 3.79. The number of hydrogen-bond donors (Lipinski definition) is 3. The Kier molecular flexibility index (Phi) is 4.79. The molecule has 1 unspecified atom stereocenters. The molecule has 2 heterocycles. The quantitative estimate of drug-likeness (QED) is 0.608. The van der Waals surface area contributed by atoms with Gasteiger partial charge in [-0.25, -0.2) is 4.98 Å². The zero-order valence-corrected chi connectivity index (χ0v) is 15.3. The van der Waals surface area contributed by atoms with Gasteiger partial charge in [0.2, 0.25) is 5.95 Å². The maximum Gasteiger partial charge on any atom is 0.491 e. The highest BCUT2D eigenvalue weighted by molar-refractivity contribution is 6.61. The number of rotatable bonds is 5. The first-order chi connectivity index (χ1) is 13.1. The highest BCUT2D eigenvalue weighted by Crippen LogP contribution is 2.23. The van der Waals surface area contributed by atoms with Gasteiger partial charge in [-0.2, -0.15) is 4.98 Å². The molecule has 0 radical (unpaired) electrons. The first kappa shape index (κ1) is 17.5. The van der Waals surface area contributed by atoms with Gasteiger partial charge in [-0.1, -0.05) is 36.4 Å². The Bertz CT molecular complexity index is 952. The van der Waals surface area contributed by atoms with E-state index in [1.54, 1.807) is 6.20 Å². The molecule has 136 valence electrons. The Morgan fingerprint density at radius 2 is 2.00 bits per heavy atom. The van der Waals surface area contributed by atoms with Crippen LogP contribution in [0.2, 0.25) is 0 Å². The van der Waals surface area contributed by atoms with Crippen molar-refractivity contribution in [3.63, 3.8) is 0 Å². The van der Waals surface area contributed by atoms with Crippen LogP contribution in [0.4, 0.5) is 17.5 Å². The predicted octanol–water partition coefficient (Wildman–Crippen LogP) is 2.92. The molecule has 27 heavy (non-hydrogen) atoms. The van der Waals surface area contributed by atoms with E-state index < -0.39 is 7.12 Å². The summed E-state index contributed by atoms with van der Waals surface area (Å²) < 4.78 is 5.24. The van der Waals surface area contributed by atoms with Crippen LogP contribution < -0.4 is 16.1 Å². The van der Waals surface area contributed by atoms with E-state index in [0.717, 1.165) is 28.1 Å². The molecule has 0 spiro atoms. The van der Waals surface area contributed by atoms with Gasteiger partial charge in [-0.15, -0.1) is 0 Å². The Balaban J connectivity index is 1.52. The fourth-order valence-corrected chi connectivity index (χ4v) is 3.12. The van der Waals surface area contributed by atoms with Crippen LogP contribution in [-0.4, -0.2) is 22.1 Å². The fourth-order valence-electron chi connectivity index (χ4n) is 3.12. The summed E-state index contributed by atoms with van der Waals surface area (Å²) in [4.78, 5) is 9.01. The lowest BCUT2D eigenvalue weighted by Gasteiger charge is -2.17. The van der Waals surface area contributed by atoms with Gasteiger partial charge in [0.25, 0.3) is 0 Å². The van der Waals surface area contributed by atoms with Gasteiger partial charge in [0.05, 0.1) is 6.61 Å². The van der Waals surface area contributed by atoms with Crippen LogP contribution in [0.3, 0.4) is 0 Å².